The minimum Gasteiger partial charge on any atom is -0.342 e. The molecular formula is C8H8Br4F6O2. The Morgan fingerprint density at radius 1 is 0.800 bits per heavy atom. The molecule has 0 amide bonds. The molecule has 0 bridgehead atoms. The van der Waals surface area contributed by atoms with Crippen molar-refractivity contribution in [2.45, 2.75) is 32.0 Å². The molecule has 0 aromatic carbocycles. The minimum atomic E-state index is -4.67. The molecule has 20 heavy (non-hydrogen) atoms. The van der Waals surface area contributed by atoms with Gasteiger partial charge in [0.25, 0.3) is 0 Å². The average Bonchev–Trinajstić information content (AvgIpc) is 2.10. The highest BCUT2D eigenvalue weighted by molar-refractivity contribution is 9.39. The van der Waals surface area contributed by atoms with Crippen molar-refractivity contribution in [1.29, 1.82) is 0 Å². The molecule has 0 aliphatic heterocycles. The van der Waals surface area contributed by atoms with Crippen LogP contribution in [0.1, 0.15) is 6.42 Å². The average molecular weight is 570 g/mol. The van der Waals surface area contributed by atoms with Gasteiger partial charge in [0.2, 0.25) is 0 Å². The molecule has 0 fully saturated rings. The highest BCUT2D eigenvalue weighted by Gasteiger charge is 2.37. The maximum Gasteiger partial charge on any atom is 0.411 e. The first-order chi connectivity index (χ1) is 8.70. The summed E-state index contributed by atoms with van der Waals surface area (Å²) in [6, 6.07) is 0. The van der Waals surface area contributed by atoms with E-state index in [0.717, 1.165) is 0 Å². The van der Waals surface area contributed by atoms with Crippen LogP contribution in [-0.2, 0) is 9.47 Å². The molecule has 0 spiro atoms. The first kappa shape index (κ1) is 21.4. The van der Waals surface area contributed by atoms with Crippen LogP contribution in [0.4, 0.5) is 26.3 Å². The van der Waals surface area contributed by atoms with Crippen LogP contribution in [-0.4, -0.2) is 38.8 Å². The maximum absolute atomic E-state index is 12.0. The summed E-state index contributed by atoms with van der Waals surface area (Å²) in [6.45, 7) is -3.42. The van der Waals surface area contributed by atoms with E-state index in [1.54, 1.807) is 0 Å². The van der Waals surface area contributed by atoms with Gasteiger partial charge in [-0.1, -0.05) is 63.7 Å². The topological polar surface area (TPSA) is 18.5 Å². The lowest BCUT2D eigenvalue weighted by Gasteiger charge is -2.26. The van der Waals surface area contributed by atoms with Gasteiger partial charge in [0, 0.05) is 0 Å². The zero-order valence-electron chi connectivity index (χ0n) is 9.37. The van der Waals surface area contributed by atoms with Crippen molar-refractivity contribution in [2.24, 2.45) is 0 Å². The SMILES string of the molecule is FC(F)(F)COC(OCC(F)(F)F)C(Br)CC(Br)(Br)Br. The predicted molar refractivity (Wildman–Crippen MR) is 74.6 cm³/mol. The molecule has 0 rings (SSSR count). The molecule has 0 aliphatic carbocycles. The second-order valence-electron chi connectivity index (χ2n) is 3.56. The van der Waals surface area contributed by atoms with Crippen LogP contribution in [0.2, 0.25) is 0 Å². The highest BCUT2D eigenvalue weighted by atomic mass is 80.0. The van der Waals surface area contributed by atoms with E-state index in [-0.39, 0.29) is 6.42 Å². The quantitative estimate of drug-likeness (QED) is 0.240. The number of hydrogen-bond acceptors (Lipinski definition) is 2. The molecule has 0 aromatic heterocycles. The van der Waals surface area contributed by atoms with Crippen molar-refractivity contribution in [2.75, 3.05) is 13.2 Å². The fourth-order valence-corrected chi connectivity index (χ4v) is 4.07. The van der Waals surface area contributed by atoms with Gasteiger partial charge in [-0.3, -0.25) is 0 Å². The van der Waals surface area contributed by atoms with Crippen molar-refractivity contribution in [3.05, 3.63) is 0 Å². The lowest BCUT2D eigenvalue weighted by molar-refractivity contribution is -0.258. The third kappa shape index (κ3) is 13.1. The Balaban J connectivity index is 4.61. The molecule has 0 heterocycles. The van der Waals surface area contributed by atoms with Crippen LogP contribution >= 0.6 is 63.7 Å². The Hall–Kier alpha value is 1.42. The first-order valence-corrected chi connectivity index (χ1v) is 8.06. The zero-order valence-corrected chi connectivity index (χ0v) is 15.7. The summed E-state index contributed by atoms with van der Waals surface area (Å²) in [5.74, 6) is 0. The molecule has 2 nitrogen and oxygen atoms in total. The van der Waals surface area contributed by atoms with E-state index < -0.39 is 38.8 Å². The number of hydrogen-bond donors (Lipinski definition) is 0. The Morgan fingerprint density at radius 3 is 1.40 bits per heavy atom. The van der Waals surface area contributed by atoms with Gasteiger partial charge in [0.1, 0.15) is 15.4 Å². The van der Waals surface area contributed by atoms with Crippen LogP contribution in [0.5, 0.6) is 0 Å². The Kier molecular flexibility index (Phi) is 8.91. The van der Waals surface area contributed by atoms with Crippen LogP contribution in [0.3, 0.4) is 0 Å². The van der Waals surface area contributed by atoms with E-state index in [1.165, 1.54) is 0 Å². The van der Waals surface area contributed by atoms with Crippen LogP contribution in [0.15, 0.2) is 0 Å². The van der Waals surface area contributed by atoms with E-state index in [0.29, 0.717) is 0 Å². The molecular weight excluding hydrogens is 562 g/mol. The lowest BCUT2D eigenvalue weighted by atomic mass is 10.3. The monoisotopic (exact) mass is 566 g/mol. The standard InChI is InChI=1S/C8H8Br4F6O2/c9-4(1-6(10,11)12)5(19-2-7(13,14)15)20-3-8(16,17)18/h4-5H,1-3H2. The second kappa shape index (κ2) is 8.32. The molecule has 1 atom stereocenters. The van der Waals surface area contributed by atoms with Crippen molar-refractivity contribution in [3.8, 4) is 0 Å². The van der Waals surface area contributed by atoms with Gasteiger partial charge in [0.15, 0.2) is 6.29 Å². The normalized spacial score (nSPS) is 15.8. The minimum absolute atomic E-state index is 0.0351. The summed E-state index contributed by atoms with van der Waals surface area (Å²) in [7, 11) is 0. The van der Waals surface area contributed by atoms with Gasteiger partial charge in [-0.05, 0) is 6.42 Å². The third-order valence-electron chi connectivity index (χ3n) is 1.54. The van der Waals surface area contributed by atoms with Gasteiger partial charge in [0.05, 0.1) is 4.83 Å². The summed E-state index contributed by atoms with van der Waals surface area (Å²) in [6.07, 6.45) is -11.0. The smallest absolute Gasteiger partial charge is 0.342 e. The van der Waals surface area contributed by atoms with E-state index in [2.05, 4.69) is 73.2 Å². The summed E-state index contributed by atoms with van der Waals surface area (Å²) in [4.78, 5) is -0.926. The molecule has 0 saturated carbocycles. The zero-order chi connectivity index (χ0) is 16.2. The van der Waals surface area contributed by atoms with E-state index in [1.807, 2.05) is 0 Å². The van der Waals surface area contributed by atoms with Gasteiger partial charge < -0.3 is 9.47 Å². The van der Waals surface area contributed by atoms with Crippen molar-refractivity contribution in [3.63, 3.8) is 0 Å². The maximum atomic E-state index is 12.0. The first-order valence-electron chi connectivity index (χ1n) is 4.77. The van der Waals surface area contributed by atoms with Crippen LogP contribution < -0.4 is 0 Å². The van der Waals surface area contributed by atoms with Gasteiger partial charge in [-0.2, -0.15) is 26.3 Å². The number of alkyl halides is 10. The fraction of sp³-hybridized carbons (Fsp3) is 1.00. The van der Waals surface area contributed by atoms with E-state index >= 15 is 0 Å². The summed E-state index contributed by atoms with van der Waals surface area (Å²) in [5, 5.41) is 0. The van der Waals surface area contributed by atoms with Crippen molar-refractivity contribution in [1.82, 2.24) is 0 Å². The third-order valence-corrected chi connectivity index (χ3v) is 3.27. The molecule has 0 saturated heterocycles. The molecule has 0 radical (unpaired) electrons. The largest absolute Gasteiger partial charge is 0.411 e. The Labute approximate surface area is 144 Å². The predicted octanol–water partition coefficient (Wildman–Crippen LogP) is 5.46. The van der Waals surface area contributed by atoms with Gasteiger partial charge in [-0.25, -0.2) is 0 Å². The highest BCUT2D eigenvalue weighted by Crippen LogP contribution is 2.41. The molecule has 122 valence electrons. The fourth-order valence-electron chi connectivity index (χ4n) is 0.928. The molecule has 1 unspecified atom stereocenters. The number of ether oxygens (including phenoxy) is 2. The second-order valence-corrected chi connectivity index (χ2v) is 12.0. The Bertz CT molecular complexity index is 272. The van der Waals surface area contributed by atoms with E-state index in [4.69, 9.17) is 0 Å². The summed E-state index contributed by atoms with van der Waals surface area (Å²) in [5.41, 5.74) is 0. The van der Waals surface area contributed by atoms with Crippen LogP contribution in [0, 0.1) is 0 Å². The van der Waals surface area contributed by atoms with Crippen LogP contribution in [0.25, 0.3) is 0 Å². The van der Waals surface area contributed by atoms with Crippen molar-refractivity contribution >= 4 is 63.7 Å². The van der Waals surface area contributed by atoms with Gasteiger partial charge in [-0.15, -0.1) is 0 Å². The number of rotatable bonds is 6. The molecule has 0 N–H and O–H groups in total. The Morgan fingerprint density at radius 2 is 1.15 bits per heavy atom. The van der Waals surface area contributed by atoms with E-state index in [9.17, 15) is 26.3 Å². The molecule has 0 aliphatic rings. The number of halogens is 10. The lowest BCUT2D eigenvalue weighted by Crippen LogP contribution is -2.36. The molecule has 12 heteroatoms. The van der Waals surface area contributed by atoms with Gasteiger partial charge >= 0.3 is 12.4 Å². The molecule has 0 aromatic rings. The summed E-state index contributed by atoms with van der Waals surface area (Å²) >= 11 is 12.2. The van der Waals surface area contributed by atoms with Crippen molar-refractivity contribution < 1.29 is 35.8 Å². The summed E-state index contributed by atoms with van der Waals surface area (Å²) < 4.78 is 80.1.